The van der Waals surface area contributed by atoms with Gasteiger partial charge in [-0.3, -0.25) is 0 Å². The first-order valence-corrected chi connectivity index (χ1v) is 7.00. The van der Waals surface area contributed by atoms with Crippen molar-refractivity contribution >= 4 is 0 Å². The Hall–Kier alpha value is -0.870. The van der Waals surface area contributed by atoms with Crippen LogP contribution in [0.4, 0.5) is 0 Å². The van der Waals surface area contributed by atoms with Gasteiger partial charge in [0.15, 0.2) is 0 Å². The second kappa shape index (κ2) is 5.85. The van der Waals surface area contributed by atoms with Crippen LogP contribution < -0.4 is 5.32 Å². The molecule has 18 heavy (non-hydrogen) atoms. The van der Waals surface area contributed by atoms with Crippen LogP contribution in [0, 0.1) is 12.8 Å². The number of hydrogen-bond acceptors (Lipinski definition) is 3. The third kappa shape index (κ3) is 3.56. The highest BCUT2D eigenvalue weighted by atomic mass is 16.3. The predicted octanol–water partition coefficient (Wildman–Crippen LogP) is 1.72. The number of imidazole rings is 1. The van der Waals surface area contributed by atoms with Crippen molar-refractivity contribution in [3.63, 3.8) is 0 Å². The topological polar surface area (TPSA) is 50.1 Å². The number of aromatic nitrogens is 2. The highest BCUT2D eigenvalue weighted by Crippen LogP contribution is 2.31. The second-order valence-electron chi connectivity index (χ2n) is 5.75. The Labute approximate surface area is 109 Å². The van der Waals surface area contributed by atoms with Gasteiger partial charge < -0.3 is 15.0 Å². The van der Waals surface area contributed by atoms with Gasteiger partial charge in [0.2, 0.25) is 0 Å². The zero-order chi connectivity index (χ0) is 13.0. The number of rotatable bonds is 5. The van der Waals surface area contributed by atoms with E-state index in [1.807, 2.05) is 19.3 Å². The van der Waals surface area contributed by atoms with Crippen molar-refractivity contribution in [2.24, 2.45) is 5.92 Å². The van der Waals surface area contributed by atoms with Gasteiger partial charge >= 0.3 is 0 Å². The number of nitrogens with zero attached hydrogens (tertiary/aromatic N) is 2. The maximum Gasteiger partial charge on any atom is 0.105 e. The minimum Gasteiger partial charge on any atom is -0.389 e. The maximum atomic E-state index is 10.4. The van der Waals surface area contributed by atoms with E-state index in [0.29, 0.717) is 6.54 Å². The third-order valence-corrected chi connectivity index (χ3v) is 4.11. The van der Waals surface area contributed by atoms with Crippen LogP contribution in [0.3, 0.4) is 0 Å². The van der Waals surface area contributed by atoms with Crippen molar-refractivity contribution in [2.75, 3.05) is 13.1 Å². The molecule has 1 fully saturated rings. The minimum absolute atomic E-state index is 0.476. The molecule has 0 spiro atoms. The predicted molar refractivity (Wildman–Crippen MR) is 72.4 cm³/mol. The van der Waals surface area contributed by atoms with Crippen LogP contribution in [0.25, 0.3) is 0 Å². The summed E-state index contributed by atoms with van der Waals surface area (Å²) in [6.45, 7) is 6.80. The molecular weight excluding hydrogens is 226 g/mol. The zero-order valence-corrected chi connectivity index (χ0v) is 11.5. The van der Waals surface area contributed by atoms with Crippen molar-refractivity contribution in [3.8, 4) is 0 Å². The molecule has 0 saturated heterocycles. The first-order valence-electron chi connectivity index (χ1n) is 7.00. The van der Waals surface area contributed by atoms with E-state index in [4.69, 9.17) is 0 Å². The molecule has 4 nitrogen and oxygen atoms in total. The molecule has 0 unspecified atom stereocenters. The van der Waals surface area contributed by atoms with Crippen LogP contribution in [-0.4, -0.2) is 33.3 Å². The van der Waals surface area contributed by atoms with Gasteiger partial charge in [0.1, 0.15) is 5.82 Å². The lowest BCUT2D eigenvalue weighted by molar-refractivity contribution is -0.00603. The molecule has 4 heteroatoms. The second-order valence-corrected chi connectivity index (χ2v) is 5.75. The van der Waals surface area contributed by atoms with E-state index in [0.717, 1.165) is 50.5 Å². The summed E-state index contributed by atoms with van der Waals surface area (Å²) in [4.78, 5) is 4.19. The summed E-state index contributed by atoms with van der Waals surface area (Å²) < 4.78 is 2.12. The summed E-state index contributed by atoms with van der Waals surface area (Å²) in [6.07, 6.45) is 7.99. The van der Waals surface area contributed by atoms with Crippen LogP contribution in [0.1, 0.15) is 38.4 Å². The number of aliphatic hydroxyl groups is 1. The standard InChI is InChI=1S/C14H25N3O/c1-12-3-5-14(18,6-4-12)11-15-7-9-17-10-8-16-13(17)2/h8,10,12,15,18H,3-7,9,11H2,1-2H3. The van der Waals surface area contributed by atoms with E-state index in [2.05, 4.69) is 21.8 Å². The molecular formula is C14H25N3O. The maximum absolute atomic E-state index is 10.4. The number of hydrogen-bond donors (Lipinski definition) is 2. The Bertz CT molecular complexity index is 367. The quantitative estimate of drug-likeness (QED) is 0.784. The van der Waals surface area contributed by atoms with E-state index in [9.17, 15) is 5.11 Å². The van der Waals surface area contributed by atoms with Gasteiger partial charge in [0, 0.05) is 32.0 Å². The monoisotopic (exact) mass is 251 g/mol. The molecule has 1 heterocycles. The summed E-state index contributed by atoms with van der Waals surface area (Å²) in [7, 11) is 0. The Morgan fingerprint density at radius 1 is 1.50 bits per heavy atom. The van der Waals surface area contributed by atoms with Crippen molar-refractivity contribution in [3.05, 3.63) is 18.2 Å². The Morgan fingerprint density at radius 2 is 2.22 bits per heavy atom. The van der Waals surface area contributed by atoms with Gasteiger partial charge in [-0.2, -0.15) is 0 Å². The third-order valence-electron chi connectivity index (χ3n) is 4.11. The fraction of sp³-hybridized carbons (Fsp3) is 0.786. The first kappa shape index (κ1) is 13.6. The van der Waals surface area contributed by atoms with E-state index < -0.39 is 5.60 Å². The largest absolute Gasteiger partial charge is 0.389 e. The molecule has 1 saturated carbocycles. The van der Waals surface area contributed by atoms with Crippen LogP contribution in [0.5, 0.6) is 0 Å². The van der Waals surface area contributed by atoms with Crippen molar-refractivity contribution in [1.82, 2.24) is 14.9 Å². The van der Waals surface area contributed by atoms with Gasteiger partial charge in [-0.25, -0.2) is 4.98 Å². The highest BCUT2D eigenvalue weighted by molar-refractivity contribution is 4.89. The summed E-state index contributed by atoms with van der Waals surface area (Å²) in [5.41, 5.74) is -0.476. The number of nitrogens with one attached hydrogen (secondary N) is 1. The molecule has 1 aromatic rings. The molecule has 1 aromatic heterocycles. The smallest absolute Gasteiger partial charge is 0.105 e. The van der Waals surface area contributed by atoms with Crippen molar-refractivity contribution < 1.29 is 5.11 Å². The molecule has 1 aliphatic rings. The van der Waals surface area contributed by atoms with Gasteiger partial charge in [-0.05, 0) is 38.5 Å². The molecule has 0 bridgehead atoms. The number of aryl methyl sites for hydroxylation is 1. The minimum atomic E-state index is -0.476. The van der Waals surface area contributed by atoms with E-state index in [-0.39, 0.29) is 0 Å². The van der Waals surface area contributed by atoms with Crippen molar-refractivity contribution in [2.45, 2.75) is 51.7 Å². The lowest BCUT2D eigenvalue weighted by Crippen LogP contribution is -2.44. The molecule has 1 aliphatic carbocycles. The van der Waals surface area contributed by atoms with Crippen LogP contribution in [-0.2, 0) is 6.54 Å². The van der Waals surface area contributed by atoms with E-state index in [1.165, 1.54) is 0 Å². The normalized spacial score (nSPS) is 28.5. The van der Waals surface area contributed by atoms with Gasteiger partial charge in [-0.1, -0.05) is 6.92 Å². The zero-order valence-electron chi connectivity index (χ0n) is 11.5. The SMILES string of the molecule is Cc1nccn1CCNCC1(O)CCC(C)CC1. The van der Waals surface area contributed by atoms with Crippen molar-refractivity contribution in [1.29, 1.82) is 0 Å². The van der Waals surface area contributed by atoms with Gasteiger partial charge in [0.05, 0.1) is 5.60 Å². The highest BCUT2D eigenvalue weighted by Gasteiger charge is 2.31. The molecule has 102 valence electrons. The molecule has 0 atom stereocenters. The fourth-order valence-corrected chi connectivity index (χ4v) is 2.64. The van der Waals surface area contributed by atoms with Crippen LogP contribution >= 0.6 is 0 Å². The average molecular weight is 251 g/mol. The Morgan fingerprint density at radius 3 is 2.83 bits per heavy atom. The summed E-state index contributed by atoms with van der Waals surface area (Å²) in [5.74, 6) is 1.82. The summed E-state index contributed by atoms with van der Waals surface area (Å²) in [6, 6.07) is 0. The lowest BCUT2D eigenvalue weighted by Gasteiger charge is -2.35. The fourth-order valence-electron chi connectivity index (χ4n) is 2.64. The lowest BCUT2D eigenvalue weighted by atomic mass is 9.79. The molecule has 0 aromatic carbocycles. The van der Waals surface area contributed by atoms with Gasteiger partial charge in [0.25, 0.3) is 0 Å². The summed E-state index contributed by atoms with van der Waals surface area (Å²) in [5, 5.41) is 13.8. The first-order chi connectivity index (χ1) is 8.59. The van der Waals surface area contributed by atoms with Crippen LogP contribution in [0.2, 0.25) is 0 Å². The van der Waals surface area contributed by atoms with E-state index >= 15 is 0 Å². The molecule has 0 aliphatic heterocycles. The molecule has 2 N–H and O–H groups in total. The molecule has 2 rings (SSSR count). The van der Waals surface area contributed by atoms with Crippen LogP contribution in [0.15, 0.2) is 12.4 Å². The molecule has 0 radical (unpaired) electrons. The Kier molecular flexibility index (Phi) is 4.40. The van der Waals surface area contributed by atoms with E-state index in [1.54, 1.807) is 0 Å². The Balaban J connectivity index is 1.67. The molecule has 0 amide bonds. The van der Waals surface area contributed by atoms with Gasteiger partial charge in [-0.15, -0.1) is 0 Å². The summed E-state index contributed by atoms with van der Waals surface area (Å²) >= 11 is 0. The average Bonchev–Trinajstić information content (AvgIpc) is 2.75.